The SMILES string of the molecule is Cc1cc(N=Nc2cc(C)c(N=Nc3c(S(=O)(=O)O)cc4cc(NC(=O)c5ccc(N)cc5)ccc4c3O)cc2C)ccc1N=Nc1ccc(N=Nc2cc3c(S(=O)(=O)O)cc(S(=O)(=O)O)cc3cc2S(=O)(=O)O)c(C)c1. The van der Waals surface area contributed by atoms with Crippen molar-refractivity contribution in [3.05, 3.63) is 149 Å². The summed E-state index contributed by atoms with van der Waals surface area (Å²) in [6.45, 7) is 6.85. The lowest BCUT2D eigenvalue weighted by molar-refractivity contribution is 0.102. The van der Waals surface area contributed by atoms with E-state index in [1.807, 2.05) is 0 Å². The van der Waals surface area contributed by atoms with Crippen molar-refractivity contribution in [3.63, 3.8) is 0 Å². The van der Waals surface area contributed by atoms with Crippen LogP contribution in [0.2, 0.25) is 0 Å². The van der Waals surface area contributed by atoms with Crippen LogP contribution in [0, 0.1) is 27.7 Å². The molecule has 77 heavy (non-hydrogen) atoms. The van der Waals surface area contributed by atoms with Crippen LogP contribution in [0.25, 0.3) is 21.5 Å². The van der Waals surface area contributed by atoms with Crippen molar-refractivity contribution in [2.75, 3.05) is 11.1 Å². The minimum atomic E-state index is -5.15. The van der Waals surface area contributed by atoms with Crippen molar-refractivity contribution in [1.29, 1.82) is 0 Å². The molecule has 28 heteroatoms. The van der Waals surface area contributed by atoms with Crippen molar-refractivity contribution in [1.82, 2.24) is 0 Å². The molecular weight excluding hydrogens is 1080 g/mol. The highest BCUT2D eigenvalue weighted by Gasteiger charge is 2.26. The van der Waals surface area contributed by atoms with Crippen molar-refractivity contribution in [3.8, 4) is 5.75 Å². The highest BCUT2D eigenvalue weighted by Crippen LogP contribution is 2.43. The summed E-state index contributed by atoms with van der Waals surface area (Å²) in [7, 11) is -20.2. The van der Waals surface area contributed by atoms with E-state index in [1.165, 1.54) is 42.5 Å². The molecule has 8 N–H and O–H groups in total. The maximum Gasteiger partial charge on any atom is 0.296 e. The first-order valence-electron chi connectivity index (χ1n) is 22.0. The van der Waals surface area contributed by atoms with E-state index >= 15 is 0 Å². The Balaban J connectivity index is 0.970. The molecule has 0 saturated carbocycles. The molecule has 0 heterocycles. The molecule has 0 aliphatic heterocycles. The van der Waals surface area contributed by atoms with Gasteiger partial charge in [0.25, 0.3) is 46.4 Å². The van der Waals surface area contributed by atoms with Crippen LogP contribution in [0.4, 0.5) is 56.9 Å². The number of fused-ring (bicyclic) bond motifs is 2. The van der Waals surface area contributed by atoms with E-state index in [0.29, 0.717) is 74.1 Å². The molecule has 8 aromatic rings. The number of phenols is 1. The standard InChI is InChI=1S/C49H40N10O14S4/c1-25-15-35(10-13-39(25)54-52-34-11-14-40(26(2)16-34)55-58-43-24-38-31(21-45(43)76(68,69)70)20-36(74(62,63)64)23-44(38)75(65,66)67)53-56-41-17-28(4)42(18-27(41)3)57-59-47-46(77(71,72)73)22-30-19-33(9-12-37(30)48(47)60)51-49(61)29-5-7-32(50)8-6-29/h5-24,60H,50H2,1-4H3,(H,51,61)(H,62,63,64)(H,65,66,67)(H,68,69,70)(H,71,72,73). The van der Waals surface area contributed by atoms with Crippen molar-refractivity contribution in [2.24, 2.45) is 40.9 Å². The Bertz CT molecular complexity index is 4400. The van der Waals surface area contributed by atoms with E-state index in [1.54, 1.807) is 76.2 Å². The number of carbonyl (C=O) groups excluding carboxylic acids is 1. The zero-order chi connectivity index (χ0) is 55.9. The number of nitrogen functional groups attached to an aromatic ring is 1. The summed E-state index contributed by atoms with van der Waals surface area (Å²) in [4.78, 5) is 9.20. The van der Waals surface area contributed by atoms with Gasteiger partial charge >= 0.3 is 0 Å². The highest BCUT2D eigenvalue weighted by molar-refractivity contribution is 7.87. The minimum absolute atomic E-state index is 0.163. The summed E-state index contributed by atoms with van der Waals surface area (Å²) in [5, 5.41) is 47.1. The summed E-state index contributed by atoms with van der Waals surface area (Å²) in [5.74, 6) is -1.05. The summed E-state index contributed by atoms with van der Waals surface area (Å²) < 4.78 is 137. The third-order valence-corrected chi connectivity index (χ3v) is 15.0. The first kappa shape index (κ1) is 54.6. The van der Waals surface area contributed by atoms with Gasteiger partial charge < -0.3 is 16.2 Å². The van der Waals surface area contributed by atoms with Crippen LogP contribution >= 0.6 is 0 Å². The molecule has 0 aliphatic carbocycles. The molecule has 0 atom stereocenters. The number of hydrogen-bond donors (Lipinski definition) is 7. The highest BCUT2D eigenvalue weighted by atomic mass is 32.2. The molecule has 0 bridgehead atoms. The zero-order valence-corrected chi connectivity index (χ0v) is 43.5. The fraction of sp³-hybridized carbons (Fsp3) is 0.0816. The lowest BCUT2D eigenvalue weighted by atomic mass is 10.1. The largest absolute Gasteiger partial charge is 0.505 e. The topological polar surface area (TPSA) is 392 Å². The van der Waals surface area contributed by atoms with Crippen LogP contribution in [0.3, 0.4) is 0 Å². The molecule has 394 valence electrons. The molecule has 0 fully saturated rings. The number of phenolic OH excluding ortho intramolecular Hbond substituents is 1. The maximum atomic E-state index is 12.8. The molecule has 1 amide bonds. The van der Waals surface area contributed by atoms with E-state index < -0.39 is 93.9 Å². The second kappa shape index (κ2) is 20.8. The number of nitrogens with zero attached hydrogens (tertiary/aromatic N) is 8. The summed E-state index contributed by atoms with van der Waals surface area (Å²) >= 11 is 0. The second-order valence-corrected chi connectivity index (χ2v) is 22.7. The Kier molecular flexibility index (Phi) is 14.8. The van der Waals surface area contributed by atoms with E-state index in [2.05, 4.69) is 46.2 Å². The van der Waals surface area contributed by atoms with Gasteiger partial charge in [-0.05, 0) is 182 Å². The average Bonchev–Trinajstić information content (AvgIpc) is 3.37. The third-order valence-electron chi connectivity index (χ3n) is 11.5. The number of hydrogen-bond acceptors (Lipinski definition) is 19. The van der Waals surface area contributed by atoms with Gasteiger partial charge in [0.05, 0.1) is 39.0 Å². The molecule has 0 saturated heterocycles. The van der Waals surface area contributed by atoms with E-state index in [0.717, 1.165) is 18.2 Å². The average molecular weight is 1120 g/mol. The molecule has 0 aromatic heterocycles. The smallest absolute Gasteiger partial charge is 0.296 e. The predicted octanol–water partition coefficient (Wildman–Crippen LogP) is 12.4. The minimum Gasteiger partial charge on any atom is -0.505 e. The zero-order valence-electron chi connectivity index (χ0n) is 40.2. The normalized spacial score (nSPS) is 12.8. The number of amides is 1. The number of anilines is 2. The van der Waals surface area contributed by atoms with Gasteiger partial charge in [-0.15, -0.1) is 10.2 Å². The number of benzene rings is 8. The molecule has 0 spiro atoms. The Morgan fingerprint density at radius 3 is 1.45 bits per heavy atom. The summed E-state index contributed by atoms with van der Waals surface area (Å²) in [5.41, 5.74) is 10.2. The van der Waals surface area contributed by atoms with E-state index in [4.69, 9.17) is 5.73 Å². The Labute approximate surface area is 438 Å². The number of nitrogens with two attached hydrogens (primary N) is 1. The van der Waals surface area contributed by atoms with Gasteiger partial charge in [0.2, 0.25) is 0 Å². The number of carbonyl (C=O) groups is 1. The molecular formula is C49H40N10O14S4. The van der Waals surface area contributed by atoms with Gasteiger partial charge in [0, 0.05) is 27.7 Å². The van der Waals surface area contributed by atoms with Crippen LogP contribution in [0.15, 0.2) is 182 Å². The molecule has 8 rings (SSSR count). The molecule has 0 aliphatic rings. The van der Waals surface area contributed by atoms with Crippen LogP contribution in [-0.2, 0) is 40.5 Å². The van der Waals surface area contributed by atoms with Gasteiger partial charge in [-0.3, -0.25) is 23.0 Å². The Morgan fingerprint density at radius 2 is 0.922 bits per heavy atom. The number of rotatable bonds is 14. The van der Waals surface area contributed by atoms with Gasteiger partial charge in [0.1, 0.15) is 26.1 Å². The maximum absolute atomic E-state index is 12.8. The summed E-state index contributed by atoms with van der Waals surface area (Å²) in [6, 6.07) is 27.4. The van der Waals surface area contributed by atoms with Crippen LogP contribution < -0.4 is 11.1 Å². The molecule has 0 radical (unpaired) electrons. The second-order valence-electron chi connectivity index (χ2n) is 17.1. The van der Waals surface area contributed by atoms with E-state index in [-0.39, 0.29) is 22.1 Å². The quantitative estimate of drug-likeness (QED) is 0.0302. The van der Waals surface area contributed by atoms with Gasteiger partial charge in [-0.1, -0.05) is 0 Å². The monoisotopic (exact) mass is 1120 g/mol. The fourth-order valence-corrected chi connectivity index (χ4v) is 10.2. The van der Waals surface area contributed by atoms with Gasteiger partial charge in [0.15, 0.2) is 5.75 Å². The first-order valence-corrected chi connectivity index (χ1v) is 27.8. The number of azo groups is 4. The van der Waals surface area contributed by atoms with Crippen LogP contribution in [-0.4, -0.2) is 62.9 Å². The summed E-state index contributed by atoms with van der Waals surface area (Å²) in [6.07, 6.45) is 0. The number of aryl methyl sites for hydroxylation is 4. The lowest BCUT2D eigenvalue weighted by Crippen LogP contribution is -2.11. The van der Waals surface area contributed by atoms with Gasteiger partial charge in [-0.25, -0.2) is 0 Å². The van der Waals surface area contributed by atoms with Crippen LogP contribution in [0.1, 0.15) is 32.6 Å². The third kappa shape index (κ3) is 12.4. The first-order chi connectivity index (χ1) is 36.0. The molecule has 0 unspecified atom stereocenters. The van der Waals surface area contributed by atoms with Crippen molar-refractivity contribution < 1.29 is 61.8 Å². The number of nitrogens with one attached hydrogen (secondary N) is 1. The van der Waals surface area contributed by atoms with Crippen molar-refractivity contribution in [2.45, 2.75) is 47.3 Å². The van der Waals surface area contributed by atoms with Crippen molar-refractivity contribution >= 4 is 125 Å². The predicted molar refractivity (Wildman–Crippen MR) is 283 cm³/mol. The van der Waals surface area contributed by atoms with Gasteiger partial charge in [-0.2, -0.15) is 64.4 Å². The Morgan fingerprint density at radius 1 is 0.442 bits per heavy atom. The van der Waals surface area contributed by atoms with Crippen LogP contribution in [0.5, 0.6) is 5.75 Å². The lowest BCUT2D eigenvalue weighted by Gasteiger charge is -2.11. The molecule has 8 aromatic carbocycles. The molecule has 24 nitrogen and oxygen atoms in total. The fourth-order valence-electron chi connectivity index (χ4n) is 7.59. The van der Waals surface area contributed by atoms with E-state index in [9.17, 15) is 61.8 Å². The Hall–Kier alpha value is -8.61. The number of aromatic hydroxyl groups is 1.